The van der Waals surface area contributed by atoms with Crippen molar-refractivity contribution < 1.29 is 27.5 Å². The lowest BCUT2D eigenvalue weighted by atomic mass is 10.2. The number of benzene rings is 3. The van der Waals surface area contributed by atoms with Gasteiger partial charge in [0.05, 0.1) is 12.2 Å². The Bertz CT molecular complexity index is 1240. The topological polar surface area (TPSA) is 93.9 Å². The fourth-order valence-electron chi connectivity index (χ4n) is 3.56. The van der Waals surface area contributed by atoms with Gasteiger partial charge in [-0.05, 0) is 42.8 Å². The monoisotopic (exact) mass is 493 g/mol. The van der Waals surface area contributed by atoms with E-state index in [0.29, 0.717) is 41.8 Å². The van der Waals surface area contributed by atoms with E-state index in [9.17, 15) is 4.79 Å². The summed E-state index contributed by atoms with van der Waals surface area (Å²) in [7, 11) is 2.10. The third kappa shape index (κ3) is 5.74. The molecule has 0 spiro atoms. The molecule has 0 aliphatic rings. The van der Waals surface area contributed by atoms with Crippen LogP contribution in [0.15, 0.2) is 72.8 Å². The van der Waals surface area contributed by atoms with Gasteiger partial charge in [0.1, 0.15) is 22.5 Å². The molecule has 35 heavy (non-hydrogen) atoms. The van der Waals surface area contributed by atoms with E-state index in [2.05, 4.69) is 10.2 Å². The van der Waals surface area contributed by atoms with Crippen LogP contribution in [0.4, 0.5) is 0 Å². The maximum atomic E-state index is 12.7. The van der Waals surface area contributed by atoms with Gasteiger partial charge in [-0.15, -0.1) is 15.0 Å². The molecule has 0 aliphatic heterocycles. The molecule has 4 rings (SSSR count). The molecule has 0 saturated heterocycles. The number of fused-ring (bicyclic) bond motifs is 1. The van der Waals surface area contributed by atoms with E-state index in [4.69, 9.17) is 22.8 Å². The van der Waals surface area contributed by atoms with Crippen LogP contribution < -0.4 is 9.47 Å². The van der Waals surface area contributed by atoms with Crippen molar-refractivity contribution in [2.45, 2.75) is 12.5 Å². The molecule has 10 heteroatoms. The Morgan fingerprint density at radius 2 is 1.49 bits per heavy atom. The first-order chi connectivity index (χ1) is 17.1. The van der Waals surface area contributed by atoms with Gasteiger partial charge in [0.25, 0.3) is 0 Å². The van der Waals surface area contributed by atoms with Crippen molar-refractivity contribution in [2.24, 2.45) is 0 Å². The van der Waals surface area contributed by atoms with Crippen molar-refractivity contribution in [1.29, 1.82) is 0 Å². The van der Waals surface area contributed by atoms with E-state index in [1.165, 1.54) is 4.80 Å². The SMILES string of the molecule is CO[Si](CCCOc1ccc(OC(=O)c2ccccc2)c(-n2nc3ccccc3n2)c1)(OC)OC. The second-order valence-electron chi connectivity index (χ2n) is 7.61. The van der Waals surface area contributed by atoms with E-state index in [1.54, 1.807) is 63.8 Å². The van der Waals surface area contributed by atoms with Gasteiger partial charge in [0, 0.05) is 33.4 Å². The number of hydrogen-bond donors (Lipinski definition) is 0. The molecule has 9 nitrogen and oxygen atoms in total. The summed E-state index contributed by atoms with van der Waals surface area (Å²) in [6, 6.07) is 22.1. The molecule has 1 aromatic heterocycles. The summed E-state index contributed by atoms with van der Waals surface area (Å²) in [5, 5.41) is 9.08. The Balaban J connectivity index is 1.57. The zero-order chi connectivity index (χ0) is 24.7. The highest BCUT2D eigenvalue weighted by Gasteiger charge is 2.36. The number of rotatable bonds is 11. The third-order valence-electron chi connectivity index (χ3n) is 5.47. The molecule has 0 radical (unpaired) electrons. The first kappa shape index (κ1) is 24.5. The first-order valence-corrected chi connectivity index (χ1v) is 13.0. The molecule has 0 aliphatic carbocycles. The van der Waals surface area contributed by atoms with Gasteiger partial charge < -0.3 is 22.8 Å². The predicted molar refractivity (Wildman–Crippen MR) is 132 cm³/mol. The lowest BCUT2D eigenvalue weighted by Gasteiger charge is -2.24. The molecule has 3 aromatic carbocycles. The van der Waals surface area contributed by atoms with E-state index >= 15 is 0 Å². The summed E-state index contributed by atoms with van der Waals surface area (Å²) in [6.07, 6.45) is 0.672. The quantitative estimate of drug-likeness (QED) is 0.132. The number of hydrogen-bond acceptors (Lipinski definition) is 8. The zero-order valence-corrected chi connectivity index (χ0v) is 20.8. The Hall–Kier alpha value is -3.57. The summed E-state index contributed by atoms with van der Waals surface area (Å²) in [5.41, 5.74) is 2.37. The molecule has 4 aromatic rings. The number of aromatic nitrogens is 3. The van der Waals surface area contributed by atoms with Gasteiger partial charge in [-0.25, -0.2) is 4.79 Å². The highest BCUT2D eigenvalue weighted by Crippen LogP contribution is 2.29. The number of carbonyl (C=O) groups excluding carboxylic acids is 1. The molecular formula is C25H27N3O6Si. The fourth-order valence-corrected chi connectivity index (χ4v) is 5.25. The zero-order valence-electron chi connectivity index (χ0n) is 19.8. The van der Waals surface area contributed by atoms with E-state index in [0.717, 1.165) is 11.0 Å². The van der Waals surface area contributed by atoms with Crippen molar-refractivity contribution in [3.05, 3.63) is 78.4 Å². The first-order valence-electron chi connectivity index (χ1n) is 11.1. The standard InChI is InChI=1S/C25H27N3O6Si/c1-30-35(31-2,32-3)17-9-16-33-20-14-15-24(34-25(29)19-10-5-4-6-11-19)23(18-20)28-26-21-12-7-8-13-22(21)27-28/h4-8,10-15,18H,9,16-17H2,1-3H3. The molecule has 182 valence electrons. The second kappa shape index (κ2) is 11.2. The van der Waals surface area contributed by atoms with Gasteiger partial charge >= 0.3 is 14.8 Å². The van der Waals surface area contributed by atoms with E-state index in [1.807, 2.05) is 30.3 Å². The van der Waals surface area contributed by atoms with Crippen LogP contribution in [0.2, 0.25) is 6.04 Å². The van der Waals surface area contributed by atoms with Gasteiger partial charge in [-0.3, -0.25) is 0 Å². The van der Waals surface area contributed by atoms with Gasteiger partial charge in [0.15, 0.2) is 5.75 Å². The van der Waals surface area contributed by atoms with E-state index < -0.39 is 14.8 Å². The summed E-state index contributed by atoms with van der Waals surface area (Å²) < 4.78 is 28.0. The van der Waals surface area contributed by atoms with Crippen molar-refractivity contribution in [3.8, 4) is 17.2 Å². The van der Waals surface area contributed by atoms with Crippen molar-refractivity contribution in [3.63, 3.8) is 0 Å². The molecule has 1 heterocycles. The Kier molecular flexibility index (Phi) is 7.88. The third-order valence-corrected chi connectivity index (χ3v) is 8.31. The summed E-state index contributed by atoms with van der Waals surface area (Å²) in [5.74, 6) is 0.425. The molecule has 0 amide bonds. The fraction of sp³-hybridized carbons (Fsp3) is 0.240. The number of esters is 1. The smallest absolute Gasteiger partial charge is 0.494 e. The molecule has 0 saturated carbocycles. The Morgan fingerprint density at radius 3 is 2.11 bits per heavy atom. The average molecular weight is 494 g/mol. The molecular weight excluding hydrogens is 466 g/mol. The Labute approximate surface area is 204 Å². The molecule has 0 N–H and O–H groups in total. The van der Waals surface area contributed by atoms with Crippen molar-refractivity contribution in [1.82, 2.24) is 15.0 Å². The minimum Gasteiger partial charge on any atom is -0.494 e. The van der Waals surface area contributed by atoms with Crippen LogP contribution in [-0.2, 0) is 13.3 Å². The second-order valence-corrected chi connectivity index (χ2v) is 10.7. The maximum Gasteiger partial charge on any atom is 0.500 e. The minimum atomic E-state index is -2.66. The van der Waals surface area contributed by atoms with E-state index in [-0.39, 0.29) is 0 Å². The van der Waals surface area contributed by atoms with Crippen LogP contribution in [-0.4, -0.2) is 57.7 Å². The molecule has 0 bridgehead atoms. The van der Waals surface area contributed by atoms with Crippen LogP contribution in [0.3, 0.4) is 0 Å². The largest absolute Gasteiger partial charge is 0.500 e. The highest BCUT2D eigenvalue weighted by atomic mass is 28.4. The molecule has 0 fully saturated rings. The highest BCUT2D eigenvalue weighted by molar-refractivity contribution is 6.60. The average Bonchev–Trinajstić information content (AvgIpc) is 3.34. The minimum absolute atomic E-state index is 0.316. The van der Waals surface area contributed by atoms with Gasteiger partial charge in [-0.2, -0.15) is 0 Å². The van der Waals surface area contributed by atoms with Crippen molar-refractivity contribution in [2.75, 3.05) is 27.9 Å². The summed E-state index contributed by atoms with van der Waals surface area (Å²) in [6.45, 7) is 0.419. The summed E-state index contributed by atoms with van der Waals surface area (Å²) in [4.78, 5) is 14.2. The number of nitrogens with zero attached hydrogens (tertiary/aromatic N) is 3. The van der Waals surface area contributed by atoms with Gasteiger partial charge in [-0.1, -0.05) is 30.3 Å². The predicted octanol–water partition coefficient (Wildman–Crippen LogP) is 4.29. The maximum absolute atomic E-state index is 12.7. The summed E-state index contributed by atoms with van der Waals surface area (Å²) >= 11 is 0. The lowest BCUT2D eigenvalue weighted by Crippen LogP contribution is -2.42. The van der Waals surface area contributed by atoms with Gasteiger partial charge in [0.2, 0.25) is 0 Å². The lowest BCUT2D eigenvalue weighted by molar-refractivity contribution is 0.0734. The molecule has 0 atom stereocenters. The van der Waals surface area contributed by atoms with Crippen LogP contribution >= 0.6 is 0 Å². The van der Waals surface area contributed by atoms with Crippen LogP contribution in [0, 0.1) is 0 Å². The number of carbonyl (C=O) groups is 1. The Morgan fingerprint density at radius 1 is 0.857 bits per heavy atom. The number of ether oxygens (including phenoxy) is 2. The van der Waals surface area contributed by atoms with Crippen LogP contribution in [0.1, 0.15) is 16.8 Å². The van der Waals surface area contributed by atoms with Crippen LogP contribution in [0.5, 0.6) is 11.5 Å². The van der Waals surface area contributed by atoms with Crippen molar-refractivity contribution >= 4 is 25.8 Å². The normalized spacial score (nSPS) is 11.5. The molecule has 0 unspecified atom stereocenters. The van der Waals surface area contributed by atoms with Crippen LogP contribution in [0.25, 0.3) is 16.7 Å².